The van der Waals surface area contributed by atoms with Crippen LogP contribution in [0, 0.1) is 0 Å². The van der Waals surface area contributed by atoms with Crippen LogP contribution < -0.4 is 5.32 Å². The minimum absolute atomic E-state index is 0.0258. The first-order chi connectivity index (χ1) is 9.13. The van der Waals surface area contributed by atoms with Crippen molar-refractivity contribution in [2.24, 2.45) is 0 Å². The molecular formula is C14H9Cl2NOS. The van der Waals surface area contributed by atoms with Crippen molar-refractivity contribution in [3.63, 3.8) is 0 Å². The summed E-state index contributed by atoms with van der Waals surface area (Å²) >= 11 is 13.3. The molecule has 1 atom stereocenters. The number of benzene rings is 2. The molecule has 3 rings (SSSR count). The smallest absolute Gasteiger partial charge is 0.242 e. The van der Waals surface area contributed by atoms with E-state index >= 15 is 0 Å². The number of rotatable bonds is 1. The van der Waals surface area contributed by atoms with Crippen molar-refractivity contribution >= 4 is 46.6 Å². The Morgan fingerprint density at radius 2 is 1.68 bits per heavy atom. The normalized spacial score (nSPS) is 17.8. The van der Waals surface area contributed by atoms with Gasteiger partial charge in [0.15, 0.2) is 0 Å². The SMILES string of the molecule is O=C1Nc2ccc(Cl)cc2SC1c1ccc(Cl)cc1. The van der Waals surface area contributed by atoms with Crippen molar-refractivity contribution in [3.8, 4) is 0 Å². The number of hydrogen-bond acceptors (Lipinski definition) is 2. The lowest BCUT2D eigenvalue weighted by Crippen LogP contribution is -2.22. The van der Waals surface area contributed by atoms with Crippen LogP contribution in [0.3, 0.4) is 0 Å². The Kier molecular flexibility index (Phi) is 3.44. The molecule has 0 bridgehead atoms. The molecule has 0 aromatic heterocycles. The summed E-state index contributed by atoms with van der Waals surface area (Å²) in [5, 5.41) is 3.95. The van der Waals surface area contributed by atoms with E-state index < -0.39 is 0 Å². The first-order valence-electron chi connectivity index (χ1n) is 5.66. The highest BCUT2D eigenvalue weighted by Crippen LogP contribution is 2.44. The minimum atomic E-state index is -0.275. The maximum absolute atomic E-state index is 12.1. The molecule has 1 N–H and O–H groups in total. The van der Waals surface area contributed by atoms with Gasteiger partial charge in [-0.05, 0) is 35.9 Å². The van der Waals surface area contributed by atoms with E-state index in [4.69, 9.17) is 23.2 Å². The Morgan fingerprint density at radius 1 is 1.00 bits per heavy atom. The van der Waals surface area contributed by atoms with Crippen LogP contribution in [0.5, 0.6) is 0 Å². The van der Waals surface area contributed by atoms with Gasteiger partial charge in [0.25, 0.3) is 0 Å². The number of fused-ring (bicyclic) bond motifs is 1. The summed E-state index contributed by atoms with van der Waals surface area (Å²) in [7, 11) is 0. The predicted molar refractivity (Wildman–Crippen MR) is 80.1 cm³/mol. The molecule has 1 heterocycles. The standard InChI is InChI=1S/C14H9Cl2NOS/c15-9-3-1-8(2-4-9)13-14(18)17-11-6-5-10(16)7-12(11)19-13/h1-7,13H,(H,17,18). The first-order valence-corrected chi connectivity index (χ1v) is 7.29. The molecule has 1 unspecified atom stereocenters. The molecule has 0 saturated carbocycles. The van der Waals surface area contributed by atoms with Gasteiger partial charge in [0.2, 0.25) is 5.91 Å². The Hall–Kier alpha value is -1.16. The zero-order valence-corrected chi connectivity index (χ0v) is 12.0. The van der Waals surface area contributed by atoms with Gasteiger partial charge < -0.3 is 5.32 Å². The van der Waals surface area contributed by atoms with E-state index in [2.05, 4.69) is 5.32 Å². The number of amides is 1. The molecule has 19 heavy (non-hydrogen) atoms. The zero-order chi connectivity index (χ0) is 13.4. The summed E-state index contributed by atoms with van der Waals surface area (Å²) in [6, 6.07) is 12.8. The van der Waals surface area contributed by atoms with Crippen LogP contribution in [0.2, 0.25) is 10.0 Å². The van der Waals surface area contributed by atoms with E-state index in [-0.39, 0.29) is 11.2 Å². The number of hydrogen-bond donors (Lipinski definition) is 1. The van der Waals surface area contributed by atoms with Crippen molar-refractivity contribution in [1.29, 1.82) is 0 Å². The summed E-state index contributed by atoms with van der Waals surface area (Å²) in [6.07, 6.45) is 0. The van der Waals surface area contributed by atoms with Gasteiger partial charge in [-0.3, -0.25) is 4.79 Å². The van der Waals surface area contributed by atoms with Crippen LogP contribution in [0.15, 0.2) is 47.4 Å². The third-order valence-corrected chi connectivity index (χ3v) is 4.66. The van der Waals surface area contributed by atoms with Gasteiger partial charge in [0.05, 0.1) is 5.69 Å². The molecule has 0 fully saturated rings. The summed E-state index contributed by atoms with van der Waals surface area (Å²) in [4.78, 5) is 13.1. The van der Waals surface area contributed by atoms with E-state index in [0.29, 0.717) is 10.0 Å². The van der Waals surface area contributed by atoms with Gasteiger partial charge in [-0.2, -0.15) is 0 Å². The Labute approximate surface area is 125 Å². The summed E-state index contributed by atoms with van der Waals surface area (Å²) in [5.41, 5.74) is 1.74. The minimum Gasteiger partial charge on any atom is -0.324 e. The van der Waals surface area contributed by atoms with Crippen LogP contribution in [0.1, 0.15) is 10.8 Å². The van der Waals surface area contributed by atoms with Crippen LogP contribution in [-0.4, -0.2) is 5.91 Å². The van der Waals surface area contributed by atoms with Crippen LogP contribution in [0.25, 0.3) is 0 Å². The van der Waals surface area contributed by atoms with Gasteiger partial charge in [0, 0.05) is 14.9 Å². The van der Waals surface area contributed by atoms with E-state index in [9.17, 15) is 4.79 Å². The second-order valence-corrected chi connectivity index (χ2v) is 6.20. The molecule has 1 aliphatic rings. The van der Waals surface area contributed by atoms with E-state index in [1.54, 1.807) is 18.2 Å². The van der Waals surface area contributed by atoms with E-state index in [1.165, 1.54) is 11.8 Å². The van der Waals surface area contributed by atoms with Crippen molar-refractivity contribution in [3.05, 3.63) is 58.1 Å². The van der Waals surface area contributed by atoms with Crippen molar-refractivity contribution in [1.82, 2.24) is 0 Å². The largest absolute Gasteiger partial charge is 0.324 e. The van der Waals surface area contributed by atoms with E-state index in [1.807, 2.05) is 24.3 Å². The highest BCUT2D eigenvalue weighted by Gasteiger charge is 2.28. The molecule has 0 aliphatic carbocycles. The van der Waals surface area contributed by atoms with Crippen molar-refractivity contribution in [2.75, 3.05) is 5.32 Å². The monoisotopic (exact) mass is 309 g/mol. The lowest BCUT2D eigenvalue weighted by molar-refractivity contribution is -0.115. The number of carbonyl (C=O) groups excluding carboxylic acids is 1. The predicted octanol–water partition coefficient (Wildman–Crippen LogP) is 4.78. The molecule has 2 nitrogen and oxygen atoms in total. The highest BCUT2D eigenvalue weighted by molar-refractivity contribution is 8.00. The Bertz CT molecular complexity index is 642. The average Bonchev–Trinajstić information content (AvgIpc) is 2.40. The average molecular weight is 310 g/mol. The van der Waals surface area contributed by atoms with Gasteiger partial charge in [-0.25, -0.2) is 0 Å². The molecule has 0 saturated heterocycles. The Morgan fingerprint density at radius 3 is 2.42 bits per heavy atom. The van der Waals surface area contributed by atoms with Gasteiger partial charge in [-0.1, -0.05) is 35.3 Å². The van der Waals surface area contributed by atoms with Crippen LogP contribution in [0.4, 0.5) is 5.69 Å². The lowest BCUT2D eigenvalue weighted by atomic mass is 10.1. The number of anilines is 1. The topological polar surface area (TPSA) is 29.1 Å². The molecule has 96 valence electrons. The number of thioether (sulfide) groups is 1. The molecule has 5 heteroatoms. The molecule has 2 aromatic carbocycles. The third-order valence-electron chi connectivity index (χ3n) is 2.86. The zero-order valence-electron chi connectivity index (χ0n) is 9.69. The van der Waals surface area contributed by atoms with Gasteiger partial charge in [0.1, 0.15) is 5.25 Å². The maximum atomic E-state index is 12.1. The molecule has 1 amide bonds. The Balaban J connectivity index is 1.96. The van der Waals surface area contributed by atoms with Crippen molar-refractivity contribution < 1.29 is 4.79 Å². The highest BCUT2D eigenvalue weighted by atomic mass is 35.5. The maximum Gasteiger partial charge on any atom is 0.242 e. The molecular weight excluding hydrogens is 301 g/mol. The quantitative estimate of drug-likeness (QED) is 0.821. The summed E-state index contributed by atoms with van der Waals surface area (Å²) in [6.45, 7) is 0. The molecule has 0 spiro atoms. The van der Waals surface area contributed by atoms with Crippen LogP contribution >= 0.6 is 35.0 Å². The number of halogens is 2. The number of carbonyl (C=O) groups is 1. The summed E-state index contributed by atoms with van der Waals surface area (Å²) in [5.74, 6) is -0.0258. The second-order valence-electron chi connectivity index (χ2n) is 4.18. The van der Waals surface area contributed by atoms with Crippen molar-refractivity contribution in [2.45, 2.75) is 10.1 Å². The van der Waals surface area contributed by atoms with Gasteiger partial charge >= 0.3 is 0 Å². The number of nitrogens with one attached hydrogen (secondary N) is 1. The fourth-order valence-electron chi connectivity index (χ4n) is 1.93. The molecule has 1 aliphatic heterocycles. The first kappa shape index (κ1) is 12.9. The molecule has 0 radical (unpaired) electrons. The van der Waals surface area contributed by atoms with Gasteiger partial charge in [-0.15, -0.1) is 11.8 Å². The third kappa shape index (κ3) is 2.59. The lowest BCUT2D eigenvalue weighted by Gasteiger charge is -2.24. The second kappa shape index (κ2) is 5.08. The van der Waals surface area contributed by atoms with Crippen LogP contribution in [-0.2, 0) is 4.79 Å². The fraction of sp³-hybridized carbons (Fsp3) is 0.0714. The fourth-order valence-corrected chi connectivity index (χ4v) is 3.45. The summed E-state index contributed by atoms with van der Waals surface area (Å²) < 4.78 is 0. The molecule has 2 aromatic rings. The van der Waals surface area contributed by atoms with E-state index in [0.717, 1.165) is 16.1 Å².